The quantitative estimate of drug-likeness (QED) is 0.274. The minimum absolute atomic E-state index is 0.0150. The molecule has 0 saturated carbocycles. The van der Waals surface area contributed by atoms with Crippen LogP contribution in [0.15, 0.2) is 59.8 Å². The van der Waals surface area contributed by atoms with Crippen LogP contribution in [0.5, 0.6) is 11.5 Å². The average molecular weight is 496 g/mol. The van der Waals surface area contributed by atoms with Gasteiger partial charge in [0.25, 0.3) is 0 Å². The summed E-state index contributed by atoms with van der Waals surface area (Å²) in [6.45, 7) is 5.01. The van der Waals surface area contributed by atoms with Gasteiger partial charge in [-0.05, 0) is 66.7 Å². The topological polar surface area (TPSA) is 84.1 Å². The zero-order valence-electron chi connectivity index (χ0n) is 18.6. The Morgan fingerprint density at radius 1 is 1.15 bits per heavy atom. The lowest BCUT2D eigenvalue weighted by molar-refractivity contribution is 0.0777. The fourth-order valence-electron chi connectivity index (χ4n) is 3.94. The Kier molecular flexibility index (Phi) is 6.30. The van der Waals surface area contributed by atoms with Gasteiger partial charge in [-0.1, -0.05) is 35.5 Å². The Morgan fingerprint density at radius 3 is 2.71 bits per heavy atom. The van der Waals surface area contributed by atoms with Gasteiger partial charge in [-0.15, -0.1) is 5.10 Å². The van der Waals surface area contributed by atoms with Crippen molar-refractivity contribution in [2.45, 2.75) is 31.7 Å². The molecule has 1 aliphatic rings. The number of thioether (sulfide) groups is 1. The molecule has 4 aromatic rings. The molecule has 3 heterocycles. The standard InChI is InChI=1S/C24H22ClN5O3S/c1-15-11-20(16(2)29(15)12-19-13-32-22-5-3-4-6-23(22)33-19)21(31)14-34-24-26-27-28-30(24)18-9-7-17(25)8-10-18/h3-11,19H,12-14H2,1-2H3. The number of benzene rings is 2. The molecule has 174 valence electrons. The van der Waals surface area contributed by atoms with Gasteiger partial charge in [0.2, 0.25) is 5.16 Å². The van der Waals surface area contributed by atoms with Gasteiger partial charge in [0, 0.05) is 22.0 Å². The third-order valence-electron chi connectivity index (χ3n) is 5.67. The maximum absolute atomic E-state index is 13.1. The fraction of sp³-hybridized carbons (Fsp3) is 0.250. The molecule has 2 aromatic heterocycles. The van der Waals surface area contributed by atoms with E-state index in [0.717, 1.165) is 28.6 Å². The molecule has 34 heavy (non-hydrogen) atoms. The van der Waals surface area contributed by atoms with E-state index in [1.807, 2.05) is 56.3 Å². The number of ether oxygens (including phenoxy) is 2. The van der Waals surface area contributed by atoms with Crippen LogP contribution in [0.3, 0.4) is 0 Å². The first kappa shape index (κ1) is 22.5. The highest BCUT2D eigenvalue weighted by atomic mass is 35.5. The molecule has 0 amide bonds. The van der Waals surface area contributed by atoms with E-state index in [1.165, 1.54) is 11.8 Å². The Morgan fingerprint density at radius 2 is 1.91 bits per heavy atom. The first-order valence-electron chi connectivity index (χ1n) is 10.7. The summed E-state index contributed by atoms with van der Waals surface area (Å²) in [6, 6.07) is 16.8. The van der Waals surface area contributed by atoms with Crippen molar-refractivity contribution < 1.29 is 14.3 Å². The second kappa shape index (κ2) is 9.52. The van der Waals surface area contributed by atoms with E-state index in [-0.39, 0.29) is 17.6 Å². The van der Waals surface area contributed by atoms with Crippen LogP contribution in [0.25, 0.3) is 5.69 Å². The minimum atomic E-state index is -0.138. The Balaban J connectivity index is 1.27. The van der Waals surface area contributed by atoms with Gasteiger partial charge in [-0.2, -0.15) is 4.68 Å². The largest absolute Gasteiger partial charge is 0.486 e. The fourth-order valence-corrected chi connectivity index (χ4v) is 4.84. The van der Waals surface area contributed by atoms with Crippen molar-refractivity contribution in [1.82, 2.24) is 24.8 Å². The summed E-state index contributed by atoms with van der Waals surface area (Å²) in [6.07, 6.45) is -0.138. The number of fused-ring (bicyclic) bond motifs is 1. The zero-order valence-corrected chi connectivity index (χ0v) is 20.2. The van der Waals surface area contributed by atoms with E-state index in [9.17, 15) is 4.79 Å². The van der Waals surface area contributed by atoms with Crippen molar-refractivity contribution >= 4 is 29.1 Å². The molecule has 0 saturated heterocycles. The van der Waals surface area contributed by atoms with E-state index < -0.39 is 0 Å². The van der Waals surface area contributed by atoms with Crippen molar-refractivity contribution in [3.05, 3.63) is 76.6 Å². The summed E-state index contributed by atoms with van der Waals surface area (Å²) in [5, 5.41) is 13.0. The zero-order chi connectivity index (χ0) is 23.7. The first-order chi connectivity index (χ1) is 16.5. The van der Waals surface area contributed by atoms with Gasteiger partial charge in [-0.25, -0.2) is 0 Å². The lowest BCUT2D eigenvalue weighted by atomic mass is 10.2. The van der Waals surface area contributed by atoms with Gasteiger partial charge in [0.15, 0.2) is 23.4 Å². The molecule has 0 radical (unpaired) electrons. The molecule has 10 heteroatoms. The summed E-state index contributed by atoms with van der Waals surface area (Å²) in [5.41, 5.74) is 3.37. The number of rotatable bonds is 7. The van der Waals surface area contributed by atoms with E-state index in [4.69, 9.17) is 21.1 Å². The van der Waals surface area contributed by atoms with Crippen molar-refractivity contribution in [1.29, 1.82) is 0 Å². The Labute approximate surface area is 205 Å². The molecule has 8 nitrogen and oxygen atoms in total. The van der Waals surface area contributed by atoms with Crippen molar-refractivity contribution in [2.24, 2.45) is 0 Å². The van der Waals surface area contributed by atoms with Crippen LogP contribution in [-0.4, -0.2) is 49.0 Å². The second-order valence-corrected chi connectivity index (χ2v) is 9.33. The van der Waals surface area contributed by atoms with Gasteiger partial charge >= 0.3 is 0 Å². The molecule has 0 spiro atoms. The average Bonchev–Trinajstić information content (AvgIpc) is 3.43. The molecule has 5 rings (SSSR count). The molecule has 1 atom stereocenters. The number of carbonyl (C=O) groups excluding carboxylic acids is 1. The Hall–Kier alpha value is -3.30. The summed E-state index contributed by atoms with van der Waals surface area (Å²) in [5.74, 6) is 1.73. The predicted molar refractivity (Wildman–Crippen MR) is 129 cm³/mol. The number of ketones is 1. The number of hydrogen-bond donors (Lipinski definition) is 0. The number of nitrogens with zero attached hydrogens (tertiary/aromatic N) is 5. The normalized spacial score (nSPS) is 14.9. The SMILES string of the molecule is Cc1cc(C(=O)CSc2nnnn2-c2ccc(Cl)cc2)c(C)n1CC1COc2ccccc2O1. The third kappa shape index (κ3) is 4.53. The number of halogens is 1. The number of tetrazole rings is 1. The van der Waals surface area contributed by atoms with Crippen LogP contribution in [0, 0.1) is 13.8 Å². The van der Waals surface area contributed by atoms with Gasteiger partial charge in [0.05, 0.1) is 18.0 Å². The number of hydrogen-bond acceptors (Lipinski definition) is 7. The first-order valence-corrected chi connectivity index (χ1v) is 12.1. The maximum atomic E-state index is 13.1. The highest BCUT2D eigenvalue weighted by Crippen LogP contribution is 2.32. The molecule has 1 aliphatic heterocycles. The number of para-hydroxylation sites is 2. The lowest BCUT2D eigenvalue weighted by Gasteiger charge is -2.27. The highest BCUT2D eigenvalue weighted by molar-refractivity contribution is 7.99. The van der Waals surface area contributed by atoms with Crippen LogP contribution >= 0.6 is 23.4 Å². The third-order valence-corrected chi connectivity index (χ3v) is 6.84. The molecule has 0 bridgehead atoms. The van der Waals surface area contributed by atoms with E-state index in [1.54, 1.807) is 16.8 Å². The van der Waals surface area contributed by atoms with Crippen molar-refractivity contribution in [2.75, 3.05) is 12.4 Å². The molecule has 2 aromatic carbocycles. The molecule has 0 aliphatic carbocycles. The minimum Gasteiger partial charge on any atom is -0.486 e. The molecular weight excluding hydrogens is 474 g/mol. The summed E-state index contributed by atoms with van der Waals surface area (Å²) in [4.78, 5) is 13.1. The van der Waals surface area contributed by atoms with Crippen LogP contribution < -0.4 is 9.47 Å². The summed E-state index contributed by atoms with van der Waals surface area (Å²) in [7, 11) is 0. The summed E-state index contributed by atoms with van der Waals surface area (Å²) < 4.78 is 15.6. The van der Waals surface area contributed by atoms with Gasteiger partial charge in [-0.3, -0.25) is 4.79 Å². The molecule has 1 unspecified atom stereocenters. The number of aromatic nitrogens is 5. The van der Waals surface area contributed by atoms with Crippen LogP contribution in [0.2, 0.25) is 5.02 Å². The van der Waals surface area contributed by atoms with Crippen molar-refractivity contribution in [3.8, 4) is 17.2 Å². The number of carbonyl (C=O) groups is 1. The molecular formula is C24H22ClN5O3S. The summed E-state index contributed by atoms with van der Waals surface area (Å²) >= 11 is 7.27. The van der Waals surface area contributed by atoms with E-state index in [2.05, 4.69) is 20.1 Å². The number of aryl methyl sites for hydroxylation is 1. The van der Waals surface area contributed by atoms with E-state index in [0.29, 0.717) is 28.9 Å². The van der Waals surface area contributed by atoms with Gasteiger partial charge in [0.1, 0.15) is 6.61 Å². The molecule has 0 N–H and O–H groups in total. The van der Waals surface area contributed by atoms with E-state index >= 15 is 0 Å². The van der Waals surface area contributed by atoms with Crippen LogP contribution in [0.1, 0.15) is 21.7 Å². The van der Waals surface area contributed by atoms with Crippen LogP contribution in [0.4, 0.5) is 0 Å². The Bertz CT molecular complexity index is 1330. The van der Waals surface area contributed by atoms with Gasteiger partial charge < -0.3 is 14.0 Å². The predicted octanol–water partition coefficient (Wildman–Crippen LogP) is 4.55. The smallest absolute Gasteiger partial charge is 0.214 e. The molecule has 0 fully saturated rings. The number of Topliss-reactive ketones (excluding diaryl/α,β-unsaturated/α-hetero) is 1. The van der Waals surface area contributed by atoms with Crippen LogP contribution in [-0.2, 0) is 6.54 Å². The monoisotopic (exact) mass is 495 g/mol. The lowest BCUT2D eigenvalue weighted by Crippen LogP contribution is -2.33. The highest BCUT2D eigenvalue weighted by Gasteiger charge is 2.24. The maximum Gasteiger partial charge on any atom is 0.214 e. The van der Waals surface area contributed by atoms with Crippen molar-refractivity contribution in [3.63, 3.8) is 0 Å². The second-order valence-electron chi connectivity index (χ2n) is 7.95.